The first kappa shape index (κ1) is 10.0. The highest BCUT2D eigenvalue weighted by Crippen LogP contribution is 2.25. The first-order valence-electron chi connectivity index (χ1n) is 4.23. The summed E-state index contributed by atoms with van der Waals surface area (Å²) in [5.74, 6) is 0.877. The van der Waals surface area contributed by atoms with Crippen LogP contribution in [-0.2, 0) is 0 Å². The van der Waals surface area contributed by atoms with Crippen molar-refractivity contribution in [1.29, 1.82) is 0 Å². The molecular formula is C10H16N2O. The third-order valence-corrected chi connectivity index (χ3v) is 2.36. The van der Waals surface area contributed by atoms with E-state index in [1.54, 1.807) is 7.11 Å². The maximum absolute atomic E-state index is 5.61. The Morgan fingerprint density at radius 3 is 2.23 bits per heavy atom. The zero-order valence-electron chi connectivity index (χ0n) is 8.29. The second-order valence-corrected chi connectivity index (χ2v) is 3.13. The quantitative estimate of drug-likeness (QED) is 0.673. The van der Waals surface area contributed by atoms with Crippen molar-refractivity contribution in [2.24, 2.45) is 11.5 Å². The molecule has 0 amide bonds. The van der Waals surface area contributed by atoms with E-state index >= 15 is 0 Å². The first-order valence-corrected chi connectivity index (χ1v) is 4.23. The second kappa shape index (κ2) is 3.77. The summed E-state index contributed by atoms with van der Waals surface area (Å²) in [4.78, 5) is 0. The smallest absolute Gasteiger partial charge is 0.122 e. The van der Waals surface area contributed by atoms with Gasteiger partial charge in [-0.15, -0.1) is 0 Å². The van der Waals surface area contributed by atoms with Crippen LogP contribution in [0.4, 0.5) is 0 Å². The number of rotatable bonds is 2. The zero-order chi connectivity index (χ0) is 10.0. The maximum atomic E-state index is 5.61. The molecule has 1 aromatic carbocycles. The maximum Gasteiger partial charge on any atom is 0.122 e. The number of nitrogens with two attached hydrogens (primary N) is 2. The lowest BCUT2D eigenvalue weighted by Gasteiger charge is -2.14. The number of hydrogen-bond acceptors (Lipinski definition) is 3. The molecule has 0 saturated carbocycles. The predicted molar refractivity (Wildman–Crippen MR) is 53.6 cm³/mol. The van der Waals surface area contributed by atoms with Gasteiger partial charge in [0.05, 0.1) is 13.3 Å². The molecule has 0 heterocycles. The number of benzene rings is 1. The summed E-state index contributed by atoms with van der Waals surface area (Å²) in [5, 5.41) is 0. The van der Waals surface area contributed by atoms with E-state index in [0.29, 0.717) is 0 Å². The molecule has 0 radical (unpaired) electrons. The van der Waals surface area contributed by atoms with Crippen LogP contribution in [-0.4, -0.2) is 7.11 Å². The molecule has 0 fully saturated rings. The second-order valence-electron chi connectivity index (χ2n) is 3.13. The fraction of sp³-hybridized carbons (Fsp3) is 0.400. The van der Waals surface area contributed by atoms with E-state index in [1.807, 2.05) is 26.0 Å². The Hall–Kier alpha value is -1.06. The van der Waals surface area contributed by atoms with Crippen molar-refractivity contribution in [3.05, 3.63) is 28.8 Å². The lowest BCUT2D eigenvalue weighted by Crippen LogP contribution is -2.21. The van der Waals surface area contributed by atoms with Crippen molar-refractivity contribution in [3.63, 3.8) is 0 Å². The summed E-state index contributed by atoms with van der Waals surface area (Å²) in [7, 11) is 1.66. The SMILES string of the molecule is COc1ccc(C(N)N)c(C)c1C. The molecule has 72 valence electrons. The van der Waals surface area contributed by atoms with Gasteiger partial charge in [-0.1, -0.05) is 6.07 Å². The minimum atomic E-state index is -0.412. The van der Waals surface area contributed by atoms with Crippen LogP contribution >= 0.6 is 0 Å². The molecule has 3 heteroatoms. The summed E-state index contributed by atoms with van der Waals surface area (Å²) < 4.78 is 5.18. The third kappa shape index (κ3) is 1.82. The largest absolute Gasteiger partial charge is 0.496 e. The molecule has 3 nitrogen and oxygen atoms in total. The van der Waals surface area contributed by atoms with E-state index in [9.17, 15) is 0 Å². The van der Waals surface area contributed by atoms with Gasteiger partial charge in [-0.3, -0.25) is 0 Å². The molecule has 1 aromatic rings. The summed E-state index contributed by atoms with van der Waals surface area (Å²) in [5.41, 5.74) is 14.4. The molecule has 13 heavy (non-hydrogen) atoms. The van der Waals surface area contributed by atoms with E-state index in [0.717, 1.165) is 22.4 Å². The zero-order valence-corrected chi connectivity index (χ0v) is 8.29. The number of ether oxygens (including phenoxy) is 1. The molecule has 0 bridgehead atoms. The topological polar surface area (TPSA) is 61.3 Å². The molecule has 4 N–H and O–H groups in total. The highest BCUT2D eigenvalue weighted by atomic mass is 16.5. The molecule has 0 aromatic heterocycles. The summed E-state index contributed by atoms with van der Waals surface area (Å²) in [6, 6.07) is 3.80. The van der Waals surface area contributed by atoms with Gasteiger partial charge >= 0.3 is 0 Å². The van der Waals surface area contributed by atoms with Gasteiger partial charge < -0.3 is 16.2 Å². The lowest BCUT2D eigenvalue weighted by atomic mass is 10.0. The Morgan fingerprint density at radius 2 is 1.77 bits per heavy atom. The average molecular weight is 180 g/mol. The van der Waals surface area contributed by atoms with Gasteiger partial charge in [-0.05, 0) is 36.6 Å². The molecule has 1 rings (SSSR count). The fourth-order valence-electron chi connectivity index (χ4n) is 1.40. The van der Waals surface area contributed by atoms with Crippen LogP contribution in [0.15, 0.2) is 12.1 Å². The van der Waals surface area contributed by atoms with Gasteiger partial charge in [-0.25, -0.2) is 0 Å². The molecular weight excluding hydrogens is 164 g/mol. The molecule has 0 spiro atoms. The van der Waals surface area contributed by atoms with Crippen LogP contribution in [0.25, 0.3) is 0 Å². The van der Waals surface area contributed by atoms with Crippen molar-refractivity contribution in [1.82, 2.24) is 0 Å². The minimum Gasteiger partial charge on any atom is -0.496 e. The first-order chi connectivity index (χ1) is 6.07. The molecule has 0 atom stereocenters. The fourth-order valence-corrected chi connectivity index (χ4v) is 1.40. The van der Waals surface area contributed by atoms with Gasteiger partial charge in [-0.2, -0.15) is 0 Å². The van der Waals surface area contributed by atoms with Crippen molar-refractivity contribution in [2.45, 2.75) is 20.0 Å². The van der Waals surface area contributed by atoms with Crippen molar-refractivity contribution in [2.75, 3.05) is 7.11 Å². The minimum absolute atomic E-state index is 0.412. The molecule has 0 saturated heterocycles. The highest BCUT2D eigenvalue weighted by Gasteiger charge is 2.09. The Kier molecular flexibility index (Phi) is 2.90. The Balaban J connectivity index is 3.23. The monoisotopic (exact) mass is 180 g/mol. The van der Waals surface area contributed by atoms with Gasteiger partial charge in [0.1, 0.15) is 5.75 Å². The van der Waals surface area contributed by atoms with Crippen molar-refractivity contribution in [3.8, 4) is 5.75 Å². The predicted octanol–water partition coefficient (Wildman–Crippen LogP) is 1.23. The molecule has 0 aliphatic rings. The standard InChI is InChI=1S/C10H16N2O/c1-6-7(2)9(13-3)5-4-8(6)10(11)12/h4-5,10H,11-12H2,1-3H3. The summed E-state index contributed by atoms with van der Waals surface area (Å²) >= 11 is 0. The van der Waals surface area contributed by atoms with Crippen LogP contribution in [0.5, 0.6) is 5.75 Å². The van der Waals surface area contributed by atoms with Gasteiger partial charge in [0.15, 0.2) is 0 Å². The van der Waals surface area contributed by atoms with Crippen LogP contribution < -0.4 is 16.2 Å². The van der Waals surface area contributed by atoms with Crippen LogP contribution in [0.1, 0.15) is 22.9 Å². The third-order valence-electron chi connectivity index (χ3n) is 2.36. The van der Waals surface area contributed by atoms with E-state index in [1.165, 1.54) is 0 Å². The van der Waals surface area contributed by atoms with E-state index < -0.39 is 6.17 Å². The normalized spacial score (nSPS) is 10.6. The molecule has 0 aliphatic carbocycles. The number of hydrogen-bond donors (Lipinski definition) is 2. The molecule has 0 unspecified atom stereocenters. The van der Waals surface area contributed by atoms with Crippen LogP contribution in [0.2, 0.25) is 0 Å². The van der Waals surface area contributed by atoms with E-state index in [-0.39, 0.29) is 0 Å². The van der Waals surface area contributed by atoms with E-state index in [4.69, 9.17) is 16.2 Å². The van der Waals surface area contributed by atoms with Gasteiger partial charge in [0.2, 0.25) is 0 Å². The number of methoxy groups -OCH3 is 1. The summed E-state index contributed by atoms with van der Waals surface area (Å²) in [6.45, 7) is 4.00. The van der Waals surface area contributed by atoms with E-state index in [2.05, 4.69) is 0 Å². The van der Waals surface area contributed by atoms with Gasteiger partial charge in [0.25, 0.3) is 0 Å². The Labute approximate surface area is 78.7 Å². The Bertz CT molecular complexity index is 308. The summed E-state index contributed by atoms with van der Waals surface area (Å²) in [6.07, 6.45) is -0.412. The average Bonchev–Trinajstić information content (AvgIpc) is 2.09. The van der Waals surface area contributed by atoms with Crippen molar-refractivity contribution < 1.29 is 4.74 Å². The Morgan fingerprint density at radius 1 is 1.15 bits per heavy atom. The highest BCUT2D eigenvalue weighted by molar-refractivity contribution is 5.44. The van der Waals surface area contributed by atoms with Crippen LogP contribution in [0.3, 0.4) is 0 Å². The lowest BCUT2D eigenvalue weighted by molar-refractivity contribution is 0.411. The molecule has 0 aliphatic heterocycles. The van der Waals surface area contributed by atoms with Gasteiger partial charge in [0, 0.05) is 0 Å². The van der Waals surface area contributed by atoms with Crippen LogP contribution in [0, 0.1) is 13.8 Å². The van der Waals surface area contributed by atoms with Crippen molar-refractivity contribution >= 4 is 0 Å².